The third-order valence-electron chi connectivity index (χ3n) is 5.92. The predicted molar refractivity (Wildman–Crippen MR) is 140 cm³/mol. The van der Waals surface area contributed by atoms with Gasteiger partial charge in [-0.1, -0.05) is 0 Å². The molecule has 0 spiro atoms. The van der Waals surface area contributed by atoms with E-state index in [0.29, 0.717) is 30.2 Å². The van der Waals surface area contributed by atoms with Crippen LogP contribution in [0.25, 0.3) is 0 Å². The van der Waals surface area contributed by atoms with E-state index >= 15 is 0 Å². The highest BCUT2D eigenvalue weighted by molar-refractivity contribution is 8.03. The molecule has 2 heterocycles. The molecule has 0 aliphatic carbocycles. The van der Waals surface area contributed by atoms with E-state index in [4.69, 9.17) is 13.9 Å². The molecule has 196 valence electrons. The van der Waals surface area contributed by atoms with Crippen molar-refractivity contribution in [3.05, 3.63) is 50.5 Å². The molecule has 12 heteroatoms. The van der Waals surface area contributed by atoms with Crippen LogP contribution in [0, 0.1) is 16.0 Å². The maximum Gasteiger partial charge on any atom is 0.356 e. The Morgan fingerprint density at radius 1 is 1.31 bits per heavy atom. The van der Waals surface area contributed by atoms with Crippen LogP contribution >= 0.6 is 11.8 Å². The number of esters is 1. The number of nitro benzene ring substituents is 1. The van der Waals surface area contributed by atoms with E-state index in [0.717, 1.165) is 4.91 Å². The summed E-state index contributed by atoms with van der Waals surface area (Å²) >= 11 is 1.49. The van der Waals surface area contributed by atoms with Gasteiger partial charge in [-0.05, 0) is 44.3 Å². The molecule has 0 aromatic heterocycles. The number of aliphatic imine (C=N–C) groups is 1. The van der Waals surface area contributed by atoms with Crippen LogP contribution in [0.1, 0.15) is 25.8 Å². The summed E-state index contributed by atoms with van der Waals surface area (Å²) in [5.41, 5.74) is 0.858. The Morgan fingerprint density at radius 2 is 1.97 bits per heavy atom. The number of fused-ring (bicyclic) bond motifs is 1. The lowest BCUT2D eigenvalue weighted by Gasteiger charge is -2.47. The summed E-state index contributed by atoms with van der Waals surface area (Å²) in [6.07, 6.45) is 0.330. The highest BCUT2D eigenvalue weighted by Crippen LogP contribution is 2.48. The minimum Gasteiger partial charge on any atom is -0.484 e. The molecule has 1 amide bonds. The lowest BCUT2D eigenvalue weighted by atomic mass is 9.83. The van der Waals surface area contributed by atoms with Gasteiger partial charge in [-0.2, -0.15) is 0 Å². The van der Waals surface area contributed by atoms with Gasteiger partial charge in [0.15, 0.2) is 14.2 Å². The van der Waals surface area contributed by atoms with Gasteiger partial charge in [-0.25, -0.2) is 4.79 Å². The minimum absolute atomic E-state index is 0.0386. The number of thioether (sulfide) groups is 1. The summed E-state index contributed by atoms with van der Waals surface area (Å²) < 4.78 is 16.8. The van der Waals surface area contributed by atoms with Crippen LogP contribution in [0.3, 0.4) is 0 Å². The fraction of sp³-hybridized carbons (Fsp3) is 0.542. The molecule has 2 aliphatic rings. The second kappa shape index (κ2) is 11.6. The van der Waals surface area contributed by atoms with Gasteiger partial charge in [-0.15, -0.1) is 11.8 Å². The van der Waals surface area contributed by atoms with Gasteiger partial charge in [0, 0.05) is 36.1 Å². The molecule has 0 N–H and O–H groups in total. The van der Waals surface area contributed by atoms with Gasteiger partial charge in [0.25, 0.3) is 5.69 Å². The van der Waals surface area contributed by atoms with Crippen LogP contribution in [-0.2, 0) is 30.1 Å². The molecule has 1 fully saturated rings. The van der Waals surface area contributed by atoms with Crippen LogP contribution in [0.15, 0.2) is 39.9 Å². The van der Waals surface area contributed by atoms with Crippen LogP contribution in [0.2, 0.25) is 19.6 Å². The van der Waals surface area contributed by atoms with Gasteiger partial charge in [0.05, 0.1) is 36.6 Å². The maximum atomic E-state index is 13.2. The Balaban J connectivity index is 1.74. The lowest BCUT2D eigenvalue weighted by Crippen LogP contribution is -2.63. The average molecular weight is 536 g/mol. The van der Waals surface area contributed by atoms with Gasteiger partial charge >= 0.3 is 5.97 Å². The van der Waals surface area contributed by atoms with Gasteiger partial charge < -0.3 is 18.8 Å². The molecule has 0 saturated carbocycles. The number of nitrogens with zero attached hydrogens (tertiary/aromatic N) is 3. The molecule has 1 aromatic carbocycles. The SMILES string of the molecule is COC(C)=NCCSC1=C(C(=O)OCc2ccc([N+](=O)[O-])cc2)N2C(=O)[C@@H]([C@H](C)O[Si](C)(C)C)[C@H]2C1. The molecule has 0 unspecified atom stereocenters. The standard InChI is InChI=1S/C24H33N3O7SSi/c1-15(34-36(4,5)6)21-19-13-20(35-12-11-25-16(2)32-3)22(26(19)23(21)28)24(29)33-14-17-7-9-18(10-8-17)27(30)31/h7-10,15,19,21H,11-14H2,1-6H3/t15-,19+,21-/m0/s1. The number of benzene rings is 1. The minimum atomic E-state index is -1.85. The first kappa shape index (κ1) is 27.9. The van der Waals surface area contributed by atoms with Crippen LogP contribution < -0.4 is 0 Å². The summed E-state index contributed by atoms with van der Waals surface area (Å²) in [7, 11) is -0.286. The third kappa shape index (κ3) is 6.54. The van der Waals surface area contributed by atoms with Crippen molar-refractivity contribution in [2.45, 2.75) is 58.7 Å². The molecular weight excluding hydrogens is 502 g/mol. The Hall–Kier alpha value is -2.70. The molecule has 1 aromatic rings. The predicted octanol–water partition coefficient (Wildman–Crippen LogP) is 4.12. The number of ether oxygens (including phenoxy) is 2. The van der Waals surface area contributed by atoms with Crippen molar-refractivity contribution in [2.24, 2.45) is 10.9 Å². The van der Waals surface area contributed by atoms with Crippen molar-refractivity contribution in [3.63, 3.8) is 0 Å². The van der Waals surface area contributed by atoms with Gasteiger partial charge in [0.1, 0.15) is 12.3 Å². The first-order valence-corrected chi connectivity index (χ1v) is 16.1. The number of methoxy groups -OCH3 is 1. The van der Waals surface area contributed by atoms with Crippen molar-refractivity contribution in [2.75, 3.05) is 19.4 Å². The second-order valence-corrected chi connectivity index (χ2v) is 15.3. The zero-order valence-corrected chi connectivity index (χ0v) is 23.3. The fourth-order valence-corrected chi connectivity index (χ4v) is 6.63. The van der Waals surface area contributed by atoms with Crippen LogP contribution in [0.4, 0.5) is 5.69 Å². The van der Waals surface area contributed by atoms with E-state index in [2.05, 4.69) is 24.6 Å². The number of non-ortho nitro benzene ring substituents is 1. The molecular formula is C24H33N3O7SSi. The monoisotopic (exact) mass is 535 g/mol. The summed E-state index contributed by atoms with van der Waals surface area (Å²) in [5.74, 6) is 0.184. The van der Waals surface area contributed by atoms with Gasteiger partial charge in [-0.3, -0.25) is 19.9 Å². The zero-order valence-electron chi connectivity index (χ0n) is 21.5. The largest absolute Gasteiger partial charge is 0.484 e. The Bertz CT molecular complexity index is 1070. The Morgan fingerprint density at radius 3 is 2.56 bits per heavy atom. The second-order valence-electron chi connectivity index (χ2n) is 9.67. The normalized spacial score (nSPS) is 20.7. The van der Waals surface area contributed by atoms with Crippen molar-refractivity contribution >= 4 is 43.5 Å². The van der Waals surface area contributed by atoms with E-state index < -0.39 is 19.2 Å². The number of hydrogen-bond acceptors (Lipinski definition) is 9. The Labute approximate surface area is 216 Å². The average Bonchev–Trinajstić information content (AvgIpc) is 3.13. The summed E-state index contributed by atoms with van der Waals surface area (Å²) in [4.78, 5) is 43.4. The maximum absolute atomic E-state index is 13.2. The highest BCUT2D eigenvalue weighted by atomic mass is 32.2. The van der Waals surface area contributed by atoms with Crippen LogP contribution in [-0.4, -0.2) is 67.5 Å². The summed E-state index contributed by atoms with van der Waals surface area (Å²) in [6, 6.07) is 5.67. The summed E-state index contributed by atoms with van der Waals surface area (Å²) in [5, 5.41) is 10.9. The number of carbonyl (C=O) groups is 2. The molecule has 0 radical (unpaired) electrons. The first-order chi connectivity index (χ1) is 16.9. The van der Waals surface area contributed by atoms with E-state index in [9.17, 15) is 19.7 Å². The molecule has 36 heavy (non-hydrogen) atoms. The topological polar surface area (TPSA) is 121 Å². The first-order valence-electron chi connectivity index (χ1n) is 11.7. The van der Waals surface area contributed by atoms with Crippen molar-refractivity contribution < 1.29 is 28.4 Å². The molecule has 10 nitrogen and oxygen atoms in total. The molecule has 3 atom stereocenters. The highest BCUT2D eigenvalue weighted by Gasteiger charge is 2.57. The Kier molecular flexibility index (Phi) is 8.96. The molecule has 1 saturated heterocycles. The van der Waals surface area contributed by atoms with Crippen molar-refractivity contribution in [1.29, 1.82) is 0 Å². The van der Waals surface area contributed by atoms with E-state index in [1.807, 2.05) is 6.92 Å². The number of rotatable bonds is 11. The number of amides is 1. The third-order valence-corrected chi connectivity index (χ3v) is 8.10. The van der Waals surface area contributed by atoms with E-state index in [-0.39, 0.29) is 42.0 Å². The quantitative estimate of drug-likeness (QED) is 0.0606. The summed E-state index contributed by atoms with van der Waals surface area (Å²) in [6.45, 7) is 10.4. The lowest BCUT2D eigenvalue weighted by molar-refractivity contribution is -0.384. The number of β-lactam (4-membered cyclic amide) rings is 1. The van der Waals surface area contributed by atoms with Crippen molar-refractivity contribution in [3.8, 4) is 0 Å². The zero-order chi connectivity index (χ0) is 26.6. The molecule has 2 aliphatic heterocycles. The number of nitro groups is 1. The van der Waals surface area contributed by atoms with Crippen LogP contribution in [0.5, 0.6) is 0 Å². The van der Waals surface area contributed by atoms with Crippen molar-refractivity contribution in [1.82, 2.24) is 4.90 Å². The smallest absolute Gasteiger partial charge is 0.356 e. The molecule has 0 bridgehead atoms. The number of hydrogen-bond donors (Lipinski definition) is 0. The van der Waals surface area contributed by atoms with E-state index in [1.54, 1.807) is 31.1 Å². The van der Waals surface area contributed by atoms with Gasteiger partial charge in [0.2, 0.25) is 5.91 Å². The number of carbonyl (C=O) groups excluding carboxylic acids is 2. The molecule has 3 rings (SSSR count). The van der Waals surface area contributed by atoms with E-state index in [1.165, 1.54) is 23.9 Å². The fourth-order valence-electron chi connectivity index (χ4n) is 4.33.